The van der Waals surface area contributed by atoms with Crippen molar-refractivity contribution in [3.05, 3.63) is 0 Å². The van der Waals surface area contributed by atoms with E-state index in [1.807, 2.05) is 0 Å². The molecule has 74 valence electrons. The van der Waals surface area contributed by atoms with E-state index in [9.17, 15) is 0 Å². The molecule has 1 heteroatoms. The van der Waals surface area contributed by atoms with E-state index in [1.54, 1.807) is 0 Å². The molecule has 1 nitrogen and oxygen atoms in total. The van der Waals surface area contributed by atoms with Gasteiger partial charge in [0.1, 0.15) is 0 Å². The van der Waals surface area contributed by atoms with Crippen LogP contribution in [-0.2, 0) is 0 Å². The summed E-state index contributed by atoms with van der Waals surface area (Å²) in [4.78, 5) is 0. The second kappa shape index (κ2) is 6.47. The van der Waals surface area contributed by atoms with Gasteiger partial charge >= 0.3 is 0 Å². The Morgan fingerprint density at radius 3 is 2.08 bits per heavy atom. The smallest absolute Gasteiger partial charge is 0.00438 e. The molecule has 0 radical (unpaired) electrons. The summed E-state index contributed by atoms with van der Waals surface area (Å²) >= 11 is 0. The summed E-state index contributed by atoms with van der Waals surface area (Å²) in [6.45, 7) is 11.6. The van der Waals surface area contributed by atoms with E-state index < -0.39 is 0 Å². The summed E-state index contributed by atoms with van der Waals surface area (Å²) in [6, 6.07) is 0. The number of hydrogen-bond donors (Lipinski definition) is 1. The molecule has 0 heterocycles. The van der Waals surface area contributed by atoms with Gasteiger partial charge in [-0.3, -0.25) is 0 Å². The average Bonchev–Trinajstić information content (AvgIpc) is 1.98. The molecule has 0 aromatic rings. The summed E-state index contributed by atoms with van der Waals surface area (Å²) in [6.07, 6.45) is 5.20. The van der Waals surface area contributed by atoms with Crippen molar-refractivity contribution in [1.82, 2.24) is 5.32 Å². The van der Waals surface area contributed by atoms with E-state index in [-0.39, 0.29) is 0 Å². The lowest BCUT2D eigenvalue weighted by molar-refractivity contribution is 0.299. The van der Waals surface area contributed by atoms with Gasteiger partial charge in [0.2, 0.25) is 0 Å². The van der Waals surface area contributed by atoms with Crippen molar-refractivity contribution in [2.75, 3.05) is 13.1 Å². The lowest BCUT2D eigenvalue weighted by atomic mass is 9.85. The zero-order valence-corrected chi connectivity index (χ0v) is 9.24. The van der Waals surface area contributed by atoms with Crippen LogP contribution in [0.5, 0.6) is 0 Å². The van der Waals surface area contributed by atoms with Gasteiger partial charge in [-0.2, -0.15) is 0 Å². The molecule has 0 saturated carbocycles. The molecule has 1 N–H and O–H groups in total. The fourth-order valence-electron chi connectivity index (χ4n) is 1.53. The molecule has 0 spiro atoms. The van der Waals surface area contributed by atoms with Crippen LogP contribution in [0.1, 0.15) is 53.4 Å². The van der Waals surface area contributed by atoms with Gasteiger partial charge in [-0.25, -0.2) is 0 Å². The minimum absolute atomic E-state index is 0.537. The van der Waals surface area contributed by atoms with E-state index in [4.69, 9.17) is 0 Å². The van der Waals surface area contributed by atoms with Crippen LogP contribution >= 0.6 is 0 Å². The van der Waals surface area contributed by atoms with Crippen molar-refractivity contribution < 1.29 is 0 Å². The second-order valence-corrected chi connectivity index (χ2v) is 4.41. The van der Waals surface area contributed by atoms with Crippen molar-refractivity contribution >= 4 is 0 Å². The largest absolute Gasteiger partial charge is 0.317 e. The molecule has 0 aliphatic carbocycles. The fraction of sp³-hybridized carbons (Fsp3) is 1.00. The average molecular weight is 171 g/mol. The van der Waals surface area contributed by atoms with Crippen molar-refractivity contribution in [3.63, 3.8) is 0 Å². The van der Waals surface area contributed by atoms with Crippen molar-refractivity contribution in [2.24, 2.45) is 5.41 Å². The number of nitrogens with one attached hydrogen (secondary N) is 1. The van der Waals surface area contributed by atoms with Gasteiger partial charge in [-0.1, -0.05) is 34.1 Å². The lowest BCUT2D eigenvalue weighted by Gasteiger charge is -2.23. The monoisotopic (exact) mass is 171 g/mol. The minimum atomic E-state index is 0.537. The summed E-state index contributed by atoms with van der Waals surface area (Å²) < 4.78 is 0. The summed E-state index contributed by atoms with van der Waals surface area (Å²) in [7, 11) is 0. The fourth-order valence-corrected chi connectivity index (χ4v) is 1.53. The van der Waals surface area contributed by atoms with E-state index in [0.717, 1.165) is 0 Å². The highest BCUT2D eigenvalue weighted by Crippen LogP contribution is 2.25. The van der Waals surface area contributed by atoms with Gasteiger partial charge in [0, 0.05) is 0 Å². The van der Waals surface area contributed by atoms with Crippen LogP contribution in [0.15, 0.2) is 0 Å². The predicted molar refractivity (Wildman–Crippen MR) is 56.5 cm³/mol. The van der Waals surface area contributed by atoms with Crippen LogP contribution in [0.25, 0.3) is 0 Å². The standard InChI is InChI=1S/C11H25N/c1-5-7-11(3,4)8-10-12-9-6-2/h12H,5-10H2,1-4H3. The zero-order valence-electron chi connectivity index (χ0n) is 9.24. The Hall–Kier alpha value is -0.0400. The van der Waals surface area contributed by atoms with Crippen LogP contribution in [0, 0.1) is 5.41 Å². The summed E-state index contributed by atoms with van der Waals surface area (Å²) in [5, 5.41) is 3.45. The normalized spacial score (nSPS) is 12.0. The SMILES string of the molecule is CCCNCCC(C)(C)CCC. The Labute approximate surface area is 77.9 Å². The summed E-state index contributed by atoms with van der Waals surface area (Å²) in [5.41, 5.74) is 0.537. The molecule has 12 heavy (non-hydrogen) atoms. The zero-order chi connectivity index (χ0) is 9.45. The third-order valence-corrected chi connectivity index (χ3v) is 2.33. The molecule has 0 bridgehead atoms. The molecular weight excluding hydrogens is 146 g/mol. The molecule has 0 fully saturated rings. The third-order valence-electron chi connectivity index (χ3n) is 2.33. The van der Waals surface area contributed by atoms with Crippen LogP contribution in [-0.4, -0.2) is 13.1 Å². The van der Waals surface area contributed by atoms with Gasteiger partial charge in [0.05, 0.1) is 0 Å². The Balaban J connectivity index is 3.33. The van der Waals surface area contributed by atoms with Crippen LogP contribution < -0.4 is 5.32 Å². The highest BCUT2D eigenvalue weighted by molar-refractivity contribution is 4.68. The van der Waals surface area contributed by atoms with Crippen LogP contribution in [0.2, 0.25) is 0 Å². The molecule has 0 unspecified atom stereocenters. The molecular formula is C11H25N. The van der Waals surface area contributed by atoms with Gasteiger partial charge < -0.3 is 5.32 Å². The maximum atomic E-state index is 3.45. The van der Waals surface area contributed by atoms with E-state index in [2.05, 4.69) is 33.0 Å². The van der Waals surface area contributed by atoms with Gasteiger partial charge in [-0.05, 0) is 37.8 Å². The first-order chi connectivity index (χ1) is 5.62. The maximum Gasteiger partial charge on any atom is -0.00438 e. The quantitative estimate of drug-likeness (QED) is 0.580. The Kier molecular flexibility index (Phi) is 6.45. The van der Waals surface area contributed by atoms with Crippen molar-refractivity contribution in [2.45, 2.75) is 53.4 Å². The molecule has 0 atom stereocenters. The minimum Gasteiger partial charge on any atom is -0.317 e. The lowest BCUT2D eigenvalue weighted by Crippen LogP contribution is -2.22. The molecule has 0 aromatic heterocycles. The Morgan fingerprint density at radius 1 is 0.917 bits per heavy atom. The van der Waals surface area contributed by atoms with Crippen LogP contribution in [0.3, 0.4) is 0 Å². The Bertz CT molecular complexity index is 97.2. The Morgan fingerprint density at radius 2 is 1.58 bits per heavy atom. The molecule has 0 aromatic carbocycles. The number of hydrogen-bond acceptors (Lipinski definition) is 1. The molecule has 0 aliphatic heterocycles. The maximum absolute atomic E-state index is 3.45. The van der Waals surface area contributed by atoms with E-state index >= 15 is 0 Å². The number of rotatable bonds is 7. The van der Waals surface area contributed by atoms with Gasteiger partial charge in [-0.15, -0.1) is 0 Å². The highest BCUT2D eigenvalue weighted by Gasteiger charge is 2.14. The second-order valence-electron chi connectivity index (χ2n) is 4.41. The summed E-state index contributed by atoms with van der Waals surface area (Å²) in [5.74, 6) is 0. The first-order valence-electron chi connectivity index (χ1n) is 5.33. The molecule has 0 rings (SSSR count). The van der Waals surface area contributed by atoms with E-state index in [0.29, 0.717) is 5.41 Å². The molecule has 0 aliphatic rings. The van der Waals surface area contributed by atoms with Crippen LogP contribution in [0.4, 0.5) is 0 Å². The third kappa shape index (κ3) is 6.66. The molecule has 0 saturated heterocycles. The van der Waals surface area contributed by atoms with Gasteiger partial charge in [0.25, 0.3) is 0 Å². The molecule has 0 amide bonds. The predicted octanol–water partition coefficient (Wildman–Crippen LogP) is 3.20. The topological polar surface area (TPSA) is 12.0 Å². The van der Waals surface area contributed by atoms with Crippen molar-refractivity contribution in [1.29, 1.82) is 0 Å². The highest BCUT2D eigenvalue weighted by atomic mass is 14.8. The first kappa shape index (κ1) is 12.0. The van der Waals surface area contributed by atoms with Gasteiger partial charge in [0.15, 0.2) is 0 Å². The van der Waals surface area contributed by atoms with E-state index in [1.165, 1.54) is 38.8 Å². The first-order valence-corrected chi connectivity index (χ1v) is 5.33. The van der Waals surface area contributed by atoms with Crippen molar-refractivity contribution in [3.8, 4) is 0 Å².